The van der Waals surface area contributed by atoms with Gasteiger partial charge in [-0.25, -0.2) is 0 Å². The third kappa shape index (κ3) is 3.43. The van der Waals surface area contributed by atoms with Gasteiger partial charge in [0.05, 0.1) is 4.92 Å². The molecule has 1 aromatic heterocycles. The lowest BCUT2D eigenvalue weighted by molar-refractivity contribution is -0.380. The largest absolute Gasteiger partial charge is 0.324 e. The lowest BCUT2D eigenvalue weighted by atomic mass is 10.3. The zero-order valence-electron chi connectivity index (χ0n) is 8.32. The smallest absolute Gasteiger partial charge is 0.314 e. The molecule has 0 aliphatic carbocycles. The van der Waals surface area contributed by atoms with Gasteiger partial charge in [-0.15, -0.1) is 0 Å². The number of thiophene rings is 1. The van der Waals surface area contributed by atoms with Crippen LogP contribution in [0.3, 0.4) is 0 Å². The maximum Gasteiger partial charge on any atom is 0.324 e. The normalized spacial score (nSPS) is 10.8. The topological polar surface area (TPSA) is 55.2 Å². The summed E-state index contributed by atoms with van der Waals surface area (Å²) in [7, 11) is 0. The molecular weight excluding hydrogens is 200 g/mol. The Morgan fingerprint density at radius 1 is 1.57 bits per heavy atom. The Balaban J connectivity index is 2.40. The van der Waals surface area contributed by atoms with Crippen LogP contribution in [0, 0.1) is 10.1 Å². The molecule has 0 atom stereocenters. The average Bonchev–Trinajstić information content (AvgIpc) is 2.52. The molecular formula is C9H14N2O2S. The minimum atomic E-state index is -0.343. The zero-order chi connectivity index (χ0) is 10.6. The summed E-state index contributed by atoms with van der Waals surface area (Å²) in [6.45, 7) is 5.03. The number of nitrogens with one attached hydrogen (secondary N) is 1. The molecule has 0 saturated carbocycles. The molecule has 1 rings (SSSR count). The first kappa shape index (κ1) is 11.1. The molecule has 1 heterocycles. The van der Waals surface area contributed by atoms with Gasteiger partial charge in [0.1, 0.15) is 0 Å². The summed E-state index contributed by atoms with van der Waals surface area (Å²) in [5, 5.41) is 13.9. The van der Waals surface area contributed by atoms with E-state index in [1.807, 2.05) is 6.07 Å². The first-order valence-electron chi connectivity index (χ1n) is 4.56. The Hall–Kier alpha value is -0.940. The van der Waals surface area contributed by atoms with Gasteiger partial charge in [-0.3, -0.25) is 10.1 Å². The molecule has 1 N–H and O–H groups in total. The van der Waals surface area contributed by atoms with Gasteiger partial charge < -0.3 is 5.32 Å². The van der Waals surface area contributed by atoms with Crippen molar-refractivity contribution < 1.29 is 4.92 Å². The van der Waals surface area contributed by atoms with Crippen molar-refractivity contribution in [3.63, 3.8) is 0 Å². The number of nitro groups is 1. The molecule has 0 fully saturated rings. The van der Waals surface area contributed by atoms with Crippen LogP contribution >= 0.6 is 11.3 Å². The second-order valence-electron chi connectivity index (χ2n) is 3.36. The predicted octanol–water partition coefficient (Wildman–Crippen LogP) is 2.20. The van der Waals surface area contributed by atoms with E-state index in [2.05, 4.69) is 19.2 Å². The van der Waals surface area contributed by atoms with Crippen LogP contribution in [0.25, 0.3) is 0 Å². The molecule has 0 spiro atoms. The Kier molecular flexibility index (Phi) is 4.03. The highest BCUT2D eigenvalue weighted by Gasteiger charge is 2.08. The number of hydrogen-bond donors (Lipinski definition) is 1. The molecule has 0 amide bonds. The van der Waals surface area contributed by atoms with Crippen molar-refractivity contribution >= 4 is 16.3 Å². The Morgan fingerprint density at radius 2 is 2.29 bits per heavy atom. The van der Waals surface area contributed by atoms with Crippen LogP contribution in [0.15, 0.2) is 12.1 Å². The van der Waals surface area contributed by atoms with Crippen LogP contribution < -0.4 is 5.32 Å². The summed E-state index contributed by atoms with van der Waals surface area (Å²) in [6, 6.07) is 3.85. The molecule has 0 aliphatic rings. The SMILES string of the molecule is CC(C)NCCc1ccc([N+](=O)[O-])s1. The second kappa shape index (κ2) is 5.07. The van der Waals surface area contributed by atoms with E-state index in [0.29, 0.717) is 6.04 Å². The minimum Gasteiger partial charge on any atom is -0.314 e. The Labute approximate surface area is 87.1 Å². The fourth-order valence-electron chi connectivity index (χ4n) is 1.08. The van der Waals surface area contributed by atoms with Crippen LogP contribution in [-0.2, 0) is 6.42 Å². The number of hydrogen-bond acceptors (Lipinski definition) is 4. The van der Waals surface area contributed by atoms with Gasteiger partial charge in [0, 0.05) is 23.5 Å². The lowest BCUT2D eigenvalue weighted by Crippen LogP contribution is -2.24. The quantitative estimate of drug-likeness (QED) is 0.604. The van der Waals surface area contributed by atoms with Crippen molar-refractivity contribution in [3.05, 3.63) is 27.1 Å². The summed E-state index contributed by atoms with van der Waals surface area (Å²) >= 11 is 1.25. The van der Waals surface area contributed by atoms with E-state index in [0.717, 1.165) is 17.8 Å². The highest BCUT2D eigenvalue weighted by Crippen LogP contribution is 2.23. The van der Waals surface area contributed by atoms with Crippen LogP contribution in [0.1, 0.15) is 18.7 Å². The van der Waals surface area contributed by atoms with Crippen molar-refractivity contribution in [1.82, 2.24) is 5.32 Å². The van der Waals surface area contributed by atoms with Crippen LogP contribution in [0.5, 0.6) is 0 Å². The molecule has 1 aromatic rings. The molecule has 0 aliphatic heterocycles. The zero-order valence-corrected chi connectivity index (χ0v) is 9.13. The number of nitrogens with zero attached hydrogens (tertiary/aromatic N) is 1. The summed E-state index contributed by atoms with van der Waals surface area (Å²) in [6.07, 6.45) is 0.858. The average molecular weight is 214 g/mol. The van der Waals surface area contributed by atoms with Crippen LogP contribution in [0.4, 0.5) is 5.00 Å². The van der Waals surface area contributed by atoms with E-state index in [4.69, 9.17) is 0 Å². The van der Waals surface area contributed by atoms with E-state index in [1.54, 1.807) is 6.07 Å². The first-order valence-corrected chi connectivity index (χ1v) is 5.37. The number of rotatable bonds is 5. The first-order chi connectivity index (χ1) is 6.59. The van der Waals surface area contributed by atoms with E-state index < -0.39 is 0 Å². The maximum absolute atomic E-state index is 10.4. The molecule has 78 valence electrons. The van der Waals surface area contributed by atoms with Gasteiger partial charge in [-0.1, -0.05) is 25.2 Å². The molecule has 4 nitrogen and oxygen atoms in total. The summed E-state index contributed by atoms with van der Waals surface area (Å²) in [5.41, 5.74) is 0. The second-order valence-corrected chi connectivity index (χ2v) is 4.50. The van der Waals surface area contributed by atoms with Gasteiger partial charge in [0.15, 0.2) is 0 Å². The van der Waals surface area contributed by atoms with E-state index in [9.17, 15) is 10.1 Å². The molecule has 0 saturated heterocycles. The molecule has 14 heavy (non-hydrogen) atoms. The van der Waals surface area contributed by atoms with Crippen molar-refractivity contribution in [2.24, 2.45) is 0 Å². The monoisotopic (exact) mass is 214 g/mol. The Bertz CT molecular complexity index is 310. The molecule has 0 aromatic carbocycles. The highest BCUT2D eigenvalue weighted by molar-refractivity contribution is 7.15. The van der Waals surface area contributed by atoms with Gasteiger partial charge in [-0.05, 0) is 12.5 Å². The minimum absolute atomic E-state index is 0.226. The predicted molar refractivity (Wildman–Crippen MR) is 57.8 cm³/mol. The maximum atomic E-state index is 10.4. The van der Waals surface area contributed by atoms with Crippen molar-refractivity contribution in [3.8, 4) is 0 Å². The van der Waals surface area contributed by atoms with E-state index in [-0.39, 0.29) is 9.92 Å². The van der Waals surface area contributed by atoms with E-state index >= 15 is 0 Å². The summed E-state index contributed by atoms with van der Waals surface area (Å²) < 4.78 is 0. The molecule has 5 heteroatoms. The molecule has 0 bridgehead atoms. The highest BCUT2D eigenvalue weighted by atomic mass is 32.1. The standard InChI is InChI=1S/C9H14N2O2S/c1-7(2)10-6-5-8-3-4-9(14-8)11(12)13/h3-4,7,10H,5-6H2,1-2H3. The van der Waals surface area contributed by atoms with Crippen molar-refractivity contribution in [1.29, 1.82) is 0 Å². The van der Waals surface area contributed by atoms with Gasteiger partial charge in [0.2, 0.25) is 0 Å². The van der Waals surface area contributed by atoms with Gasteiger partial charge in [-0.2, -0.15) is 0 Å². The molecule has 0 radical (unpaired) electrons. The Morgan fingerprint density at radius 3 is 2.79 bits per heavy atom. The van der Waals surface area contributed by atoms with E-state index in [1.165, 1.54) is 11.3 Å². The van der Waals surface area contributed by atoms with Crippen LogP contribution in [-0.4, -0.2) is 17.5 Å². The van der Waals surface area contributed by atoms with Gasteiger partial charge in [0.25, 0.3) is 0 Å². The fraction of sp³-hybridized carbons (Fsp3) is 0.556. The van der Waals surface area contributed by atoms with Crippen molar-refractivity contribution in [2.45, 2.75) is 26.3 Å². The summed E-state index contributed by atoms with van der Waals surface area (Å²) in [5.74, 6) is 0. The summed E-state index contributed by atoms with van der Waals surface area (Å²) in [4.78, 5) is 11.1. The lowest BCUT2D eigenvalue weighted by Gasteiger charge is -2.05. The third-order valence-electron chi connectivity index (χ3n) is 1.75. The van der Waals surface area contributed by atoms with Gasteiger partial charge >= 0.3 is 5.00 Å². The third-order valence-corrected chi connectivity index (χ3v) is 2.85. The van der Waals surface area contributed by atoms with Crippen molar-refractivity contribution in [2.75, 3.05) is 6.54 Å². The van der Waals surface area contributed by atoms with Crippen LogP contribution in [0.2, 0.25) is 0 Å². The fourth-order valence-corrected chi connectivity index (χ4v) is 1.90. The molecule has 0 unspecified atom stereocenters.